The third kappa shape index (κ3) is 4.19. The number of nitrogens with one attached hydrogen (secondary N) is 1. The Morgan fingerprint density at radius 3 is 2.36 bits per heavy atom. The molecule has 0 aliphatic carbocycles. The number of hydrogen-bond acceptors (Lipinski definition) is 9. The van der Waals surface area contributed by atoms with Gasteiger partial charge in [0.1, 0.15) is 6.04 Å². The highest BCUT2D eigenvalue weighted by Gasteiger charge is 2.50. The summed E-state index contributed by atoms with van der Waals surface area (Å²) in [4.78, 5) is 60.8. The van der Waals surface area contributed by atoms with Crippen LogP contribution in [0.25, 0.3) is 0 Å². The molecule has 0 spiro atoms. The molecule has 4 aliphatic rings. The zero-order valence-corrected chi connectivity index (χ0v) is 22.0. The van der Waals surface area contributed by atoms with Gasteiger partial charge in [-0.05, 0) is 48.4 Å². The van der Waals surface area contributed by atoms with Gasteiger partial charge in [-0.3, -0.25) is 29.5 Å². The van der Waals surface area contributed by atoms with Crippen LogP contribution in [0, 0.1) is 10.1 Å². The first-order valence-electron chi connectivity index (χ1n) is 13.3. The topological polar surface area (TPSA) is 132 Å². The zero-order valence-electron chi connectivity index (χ0n) is 22.0. The molecule has 0 saturated carbocycles. The summed E-state index contributed by atoms with van der Waals surface area (Å²) >= 11 is 0. The molecule has 2 aromatic rings. The molecule has 0 bridgehead atoms. The molecule has 1 N–H and O–H groups in total. The van der Waals surface area contributed by atoms with E-state index in [-0.39, 0.29) is 24.1 Å². The Labute approximate surface area is 225 Å². The number of aromatic nitrogens is 1. The van der Waals surface area contributed by atoms with Crippen molar-refractivity contribution in [2.24, 2.45) is 0 Å². The molecule has 0 radical (unpaired) electrons. The molecule has 204 valence electrons. The monoisotopic (exact) mass is 533 g/mol. The fourth-order valence-electron chi connectivity index (χ4n) is 6.29. The summed E-state index contributed by atoms with van der Waals surface area (Å²) in [5.41, 5.74) is 2.81. The summed E-state index contributed by atoms with van der Waals surface area (Å²) < 4.78 is 0. The van der Waals surface area contributed by atoms with Crippen LogP contribution in [0.4, 0.5) is 22.9 Å². The third-order valence-corrected chi connectivity index (χ3v) is 8.50. The number of fused-ring (bicyclic) bond motifs is 1. The lowest BCUT2D eigenvalue weighted by Crippen LogP contribution is -2.63. The van der Waals surface area contributed by atoms with Gasteiger partial charge in [-0.1, -0.05) is 6.07 Å². The molecule has 3 saturated heterocycles. The van der Waals surface area contributed by atoms with Gasteiger partial charge in [-0.15, -0.1) is 0 Å². The Kier molecular flexibility index (Phi) is 6.01. The van der Waals surface area contributed by atoms with Crippen molar-refractivity contribution in [3.8, 4) is 0 Å². The van der Waals surface area contributed by atoms with Gasteiger partial charge in [0.05, 0.1) is 16.8 Å². The highest BCUT2D eigenvalue weighted by Crippen LogP contribution is 2.48. The van der Waals surface area contributed by atoms with Crippen LogP contribution in [0.15, 0.2) is 36.5 Å². The first kappa shape index (κ1) is 25.2. The average Bonchev–Trinajstić information content (AvgIpc) is 3.09. The summed E-state index contributed by atoms with van der Waals surface area (Å²) in [6, 6.07) is 8.81. The van der Waals surface area contributed by atoms with Crippen LogP contribution in [0.3, 0.4) is 0 Å². The molecule has 12 nitrogen and oxygen atoms in total. The van der Waals surface area contributed by atoms with Gasteiger partial charge in [-0.25, -0.2) is 0 Å². The second-order valence-corrected chi connectivity index (χ2v) is 11.2. The highest BCUT2D eigenvalue weighted by atomic mass is 16.6. The van der Waals surface area contributed by atoms with Gasteiger partial charge in [-0.2, -0.15) is 0 Å². The molecule has 1 atom stereocenters. The van der Waals surface area contributed by atoms with E-state index >= 15 is 0 Å². The van der Waals surface area contributed by atoms with E-state index in [1.807, 2.05) is 26.0 Å². The van der Waals surface area contributed by atoms with Gasteiger partial charge in [0.15, 0.2) is 6.20 Å². The van der Waals surface area contributed by atoms with E-state index in [2.05, 4.69) is 31.1 Å². The van der Waals surface area contributed by atoms with Crippen molar-refractivity contribution in [1.82, 2.24) is 15.2 Å². The maximum atomic E-state index is 13.6. The molecule has 3 fully saturated rings. The van der Waals surface area contributed by atoms with Crippen molar-refractivity contribution < 1.29 is 19.3 Å². The maximum Gasteiger partial charge on any atom is 0.363 e. The van der Waals surface area contributed by atoms with Crippen molar-refractivity contribution in [2.45, 2.75) is 44.2 Å². The SMILES string of the molecule is CC1(C)C(=O)N(C2CCC(=O)NC2=O)c2cccc(N3CCN(C4CN(c5ccc([N+](=O)[O-])nc5)C4)CC3)c21. The van der Waals surface area contributed by atoms with Crippen molar-refractivity contribution >= 4 is 40.6 Å². The number of carbonyl (C=O) groups excluding carboxylic acids is 3. The summed E-state index contributed by atoms with van der Waals surface area (Å²) in [6.07, 6.45) is 2.10. The minimum absolute atomic E-state index is 0.117. The minimum Gasteiger partial charge on any atom is -0.369 e. The second-order valence-electron chi connectivity index (χ2n) is 11.2. The summed E-state index contributed by atoms with van der Waals surface area (Å²) in [5.74, 6) is -0.980. The number of rotatable bonds is 5. The molecular weight excluding hydrogens is 502 g/mol. The van der Waals surface area contributed by atoms with Crippen LogP contribution in [-0.4, -0.2) is 83.9 Å². The number of pyridine rings is 1. The van der Waals surface area contributed by atoms with E-state index < -0.39 is 22.3 Å². The Hall–Kier alpha value is -4.06. The molecule has 12 heteroatoms. The number of benzene rings is 1. The summed E-state index contributed by atoms with van der Waals surface area (Å²) in [7, 11) is 0. The molecule has 1 unspecified atom stereocenters. The lowest BCUT2D eigenvalue weighted by atomic mass is 9.84. The number of amides is 3. The Bertz CT molecular complexity index is 1350. The smallest absolute Gasteiger partial charge is 0.363 e. The predicted molar refractivity (Wildman–Crippen MR) is 144 cm³/mol. The van der Waals surface area contributed by atoms with Crippen LogP contribution in [0.1, 0.15) is 32.3 Å². The fourth-order valence-corrected chi connectivity index (χ4v) is 6.29. The van der Waals surface area contributed by atoms with Crippen LogP contribution in [0.5, 0.6) is 0 Å². The number of carbonyl (C=O) groups is 3. The average molecular weight is 534 g/mol. The van der Waals surface area contributed by atoms with Crippen LogP contribution in [0.2, 0.25) is 0 Å². The quantitative estimate of drug-likeness (QED) is 0.344. The molecule has 1 aromatic carbocycles. The molecule has 1 aromatic heterocycles. The van der Waals surface area contributed by atoms with Crippen LogP contribution >= 0.6 is 0 Å². The molecule has 4 aliphatic heterocycles. The standard InChI is InChI=1S/C27H31N7O5/c1-27(2)24-19(4-3-5-20(24)33(26(27)37)21-7-9-23(35)29-25(21)36)31-12-10-30(11-13-31)18-15-32(16-18)17-6-8-22(28-14-17)34(38)39/h3-6,8,14,18,21H,7,9-13,15-16H2,1-2H3,(H,29,35,36). The van der Waals surface area contributed by atoms with E-state index in [9.17, 15) is 24.5 Å². The largest absolute Gasteiger partial charge is 0.369 e. The summed E-state index contributed by atoms with van der Waals surface area (Å²) in [5, 5.41) is 13.2. The molecular formula is C27H31N7O5. The van der Waals surface area contributed by atoms with Gasteiger partial charge < -0.3 is 19.9 Å². The lowest BCUT2D eigenvalue weighted by Gasteiger charge is -2.49. The van der Waals surface area contributed by atoms with Crippen molar-refractivity contribution in [3.63, 3.8) is 0 Å². The van der Waals surface area contributed by atoms with Crippen molar-refractivity contribution in [2.75, 3.05) is 54.0 Å². The predicted octanol–water partition coefficient (Wildman–Crippen LogP) is 1.43. The fraction of sp³-hybridized carbons (Fsp3) is 0.481. The third-order valence-electron chi connectivity index (χ3n) is 8.50. The number of anilines is 3. The minimum atomic E-state index is -0.794. The number of piperazine rings is 1. The molecule has 5 heterocycles. The number of piperidine rings is 1. The van der Waals surface area contributed by atoms with Crippen molar-refractivity contribution in [1.29, 1.82) is 0 Å². The lowest BCUT2D eigenvalue weighted by molar-refractivity contribution is -0.389. The Morgan fingerprint density at radius 2 is 1.72 bits per heavy atom. The van der Waals surface area contributed by atoms with Crippen molar-refractivity contribution in [3.05, 3.63) is 52.2 Å². The first-order valence-corrected chi connectivity index (χ1v) is 13.3. The molecule has 39 heavy (non-hydrogen) atoms. The second kappa shape index (κ2) is 9.30. The maximum absolute atomic E-state index is 13.6. The Morgan fingerprint density at radius 1 is 1.00 bits per heavy atom. The molecule has 3 amide bonds. The van der Waals surface area contributed by atoms with Crippen LogP contribution in [-0.2, 0) is 19.8 Å². The molecule has 6 rings (SSSR count). The van der Waals surface area contributed by atoms with Gasteiger partial charge in [0, 0.05) is 69.0 Å². The first-order chi connectivity index (χ1) is 18.6. The van der Waals surface area contributed by atoms with E-state index in [1.165, 1.54) is 6.07 Å². The normalized spacial score (nSPS) is 23.5. The van der Waals surface area contributed by atoms with Gasteiger partial charge in [0.2, 0.25) is 17.7 Å². The zero-order chi connectivity index (χ0) is 27.5. The summed E-state index contributed by atoms with van der Waals surface area (Å²) in [6.45, 7) is 8.91. The van der Waals surface area contributed by atoms with Crippen LogP contribution < -0.4 is 20.0 Å². The number of nitro groups is 1. The number of hydrogen-bond donors (Lipinski definition) is 1. The van der Waals surface area contributed by atoms with E-state index in [0.29, 0.717) is 12.5 Å². The van der Waals surface area contributed by atoms with Gasteiger partial charge in [0.25, 0.3) is 0 Å². The highest BCUT2D eigenvalue weighted by molar-refractivity contribution is 6.14. The Balaban J connectivity index is 1.14. The van der Waals surface area contributed by atoms with E-state index in [4.69, 9.17) is 0 Å². The van der Waals surface area contributed by atoms with E-state index in [1.54, 1.807) is 17.2 Å². The number of nitrogens with zero attached hydrogens (tertiary/aromatic N) is 6. The van der Waals surface area contributed by atoms with E-state index in [0.717, 1.165) is 61.9 Å². The number of imide groups is 1. The van der Waals surface area contributed by atoms with Gasteiger partial charge >= 0.3 is 5.82 Å².